The maximum Gasteiger partial charge on any atom is 0.222 e. The molecule has 3 rings (SSSR count). The summed E-state index contributed by atoms with van der Waals surface area (Å²) in [6, 6.07) is 5.60. The number of ether oxygens (including phenoxy) is 2. The molecule has 2 atom stereocenters. The van der Waals surface area contributed by atoms with Gasteiger partial charge in [-0.15, -0.1) is 0 Å². The van der Waals surface area contributed by atoms with Crippen molar-refractivity contribution in [2.75, 3.05) is 58.8 Å². The minimum atomic E-state index is -0.419. The number of carbonyl (C=O) groups is 1. The summed E-state index contributed by atoms with van der Waals surface area (Å²) in [7, 11) is 4.04. The summed E-state index contributed by atoms with van der Waals surface area (Å²) in [5.74, 6) is 0.909. The van der Waals surface area contributed by atoms with E-state index in [2.05, 4.69) is 21.3 Å². The predicted molar refractivity (Wildman–Crippen MR) is 109 cm³/mol. The van der Waals surface area contributed by atoms with Crippen molar-refractivity contribution in [1.82, 2.24) is 14.8 Å². The zero-order valence-electron chi connectivity index (χ0n) is 17.4. The largest absolute Gasteiger partial charge is 0.377 e. The van der Waals surface area contributed by atoms with E-state index in [9.17, 15) is 4.79 Å². The highest BCUT2D eigenvalue weighted by molar-refractivity contribution is 5.76. The first-order chi connectivity index (χ1) is 14.0. The second-order valence-corrected chi connectivity index (χ2v) is 8.16. The van der Waals surface area contributed by atoms with Crippen LogP contribution in [0.3, 0.4) is 0 Å². The topological polar surface area (TPSA) is 90.7 Å². The number of hydrogen-bond acceptors (Lipinski definition) is 7. The summed E-state index contributed by atoms with van der Waals surface area (Å²) in [4.78, 5) is 20.9. The monoisotopic (exact) mass is 401 g/mol. The second-order valence-electron chi connectivity index (χ2n) is 8.16. The molecule has 1 aromatic heterocycles. The quantitative estimate of drug-likeness (QED) is 0.740. The van der Waals surface area contributed by atoms with Crippen LogP contribution in [0.2, 0.25) is 0 Å². The summed E-state index contributed by atoms with van der Waals surface area (Å²) in [5.41, 5.74) is 0.121. The Morgan fingerprint density at radius 1 is 1.48 bits per heavy atom. The van der Waals surface area contributed by atoms with Crippen molar-refractivity contribution in [1.29, 1.82) is 5.26 Å². The number of hydrogen-bond donors (Lipinski definition) is 1. The van der Waals surface area contributed by atoms with Crippen molar-refractivity contribution < 1.29 is 14.3 Å². The minimum absolute atomic E-state index is 0.0415. The second kappa shape index (κ2) is 10.0. The van der Waals surface area contributed by atoms with Gasteiger partial charge in [-0.1, -0.05) is 0 Å². The summed E-state index contributed by atoms with van der Waals surface area (Å²) < 4.78 is 12.2. The van der Waals surface area contributed by atoms with E-state index in [0.29, 0.717) is 44.8 Å². The van der Waals surface area contributed by atoms with E-state index >= 15 is 0 Å². The van der Waals surface area contributed by atoms with E-state index in [4.69, 9.17) is 14.7 Å². The molecule has 1 spiro atoms. The van der Waals surface area contributed by atoms with Crippen molar-refractivity contribution in [3.63, 3.8) is 0 Å². The van der Waals surface area contributed by atoms with Crippen molar-refractivity contribution in [2.24, 2.45) is 0 Å². The van der Waals surface area contributed by atoms with Crippen LogP contribution < -0.4 is 5.32 Å². The van der Waals surface area contributed by atoms with Gasteiger partial charge in [0, 0.05) is 25.7 Å². The van der Waals surface area contributed by atoms with Gasteiger partial charge in [0.15, 0.2) is 0 Å². The summed E-state index contributed by atoms with van der Waals surface area (Å²) >= 11 is 0. The number of rotatable bonds is 7. The van der Waals surface area contributed by atoms with Crippen LogP contribution in [0.15, 0.2) is 18.3 Å². The molecular formula is C21H31N5O3. The molecule has 0 saturated carbocycles. The minimum Gasteiger partial charge on any atom is -0.377 e. The number of nitrogens with one attached hydrogen (secondary N) is 1. The lowest BCUT2D eigenvalue weighted by Crippen LogP contribution is -2.47. The Morgan fingerprint density at radius 2 is 2.34 bits per heavy atom. The Labute approximate surface area is 172 Å². The lowest BCUT2D eigenvalue weighted by molar-refractivity contribution is -0.136. The molecule has 8 heteroatoms. The first-order valence-corrected chi connectivity index (χ1v) is 10.3. The standard InChI is InChI=1S/C21H31N5O3/c1-25(2)9-3-4-20(27)26-10-11-28-16-21(15-26)8-7-18(29-21)14-24-19-6-5-17(12-22)13-23-19/h5-6,13,18H,3-4,7-11,14-16H2,1-2H3,(H,23,24)/t18-,21+/m1/s1. The summed E-state index contributed by atoms with van der Waals surface area (Å²) in [6.45, 7) is 3.86. The summed E-state index contributed by atoms with van der Waals surface area (Å²) in [6.07, 6.45) is 4.81. The van der Waals surface area contributed by atoms with Crippen molar-refractivity contribution in [2.45, 2.75) is 37.4 Å². The van der Waals surface area contributed by atoms with Crippen LogP contribution >= 0.6 is 0 Å². The van der Waals surface area contributed by atoms with Gasteiger partial charge in [0.2, 0.25) is 5.91 Å². The molecule has 2 saturated heterocycles. The van der Waals surface area contributed by atoms with Crippen LogP contribution in [0.5, 0.6) is 0 Å². The molecule has 2 fully saturated rings. The lowest BCUT2D eigenvalue weighted by Gasteiger charge is -2.32. The molecule has 158 valence electrons. The first kappa shape index (κ1) is 21.5. The zero-order chi connectivity index (χ0) is 20.7. The van der Waals surface area contributed by atoms with Crippen molar-refractivity contribution in [3.8, 4) is 6.07 Å². The third-order valence-electron chi connectivity index (χ3n) is 5.44. The Kier molecular flexibility index (Phi) is 7.42. The van der Waals surface area contributed by atoms with Gasteiger partial charge in [-0.25, -0.2) is 4.98 Å². The van der Waals surface area contributed by atoms with Gasteiger partial charge in [-0.2, -0.15) is 5.26 Å². The lowest BCUT2D eigenvalue weighted by atomic mass is 10.00. The molecule has 2 aliphatic heterocycles. The third kappa shape index (κ3) is 6.13. The summed E-state index contributed by atoms with van der Waals surface area (Å²) in [5, 5.41) is 12.1. The number of nitrogens with zero attached hydrogens (tertiary/aromatic N) is 4. The van der Waals surface area contributed by atoms with Crippen LogP contribution in [0.25, 0.3) is 0 Å². The molecule has 29 heavy (non-hydrogen) atoms. The Morgan fingerprint density at radius 3 is 3.07 bits per heavy atom. The molecule has 0 bridgehead atoms. The number of pyridine rings is 1. The molecular weight excluding hydrogens is 370 g/mol. The van der Waals surface area contributed by atoms with Gasteiger partial charge in [0.25, 0.3) is 0 Å². The average molecular weight is 402 g/mol. The molecule has 0 aromatic carbocycles. The fourth-order valence-corrected chi connectivity index (χ4v) is 3.87. The normalized spacial score (nSPS) is 24.5. The Balaban J connectivity index is 1.51. The molecule has 1 N–H and O–H groups in total. The Bertz CT molecular complexity index is 718. The number of anilines is 1. The van der Waals surface area contributed by atoms with E-state index in [1.807, 2.05) is 19.0 Å². The van der Waals surface area contributed by atoms with E-state index in [1.165, 1.54) is 0 Å². The highest BCUT2D eigenvalue weighted by Crippen LogP contribution is 2.33. The van der Waals surface area contributed by atoms with Crippen molar-refractivity contribution in [3.05, 3.63) is 23.9 Å². The fourth-order valence-electron chi connectivity index (χ4n) is 3.87. The predicted octanol–water partition coefficient (Wildman–Crippen LogP) is 1.48. The smallest absolute Gasteiger partial charge is 0.222 e. The molecule has 0 unspecified atom stereocenters. The van der Waals surface area contributed by atoms with E-state index in [0.717, 1.165) is 31.6 Å². The fraction of sp³-hybridized carbons (Fsp3) is 0.667. The molecule has 0 radical (unpaired) electrons. The number of carbonyl (C=O) groups excluding carboxylic acids is 1. The Hall–Kier alpha value is -2.21. The van der Waals surface area contributed by atoms with Crippen LogP contribution in [0, 0.1) is 11.3 Å². The number of amides is 1. The SMILES string of the molecule is CN(C)CCCC(=O)N1CCOC[C@]2(CC[C@H](CNc3ccc(C#N)cn3)O2)C1. The molecule has 1 aromatic rings. The first-order valence-electron chi connectivity index (χ1n) is 10.3. The van der Waals surface area contributed by atoms with E-state index in [1.54, 1.807) is 18.3 Å². The molecule has 2 aliphatic rings. The maximum atomic E-state index is 12.7. The molecule has 1 amide bonds. The van der Waals surface area contributed by atoms with Crippen LogP contribution in [-0.2, 0) is 14.3 Å². The van der Waals surface area contributed by atoms with Gasteiger partial charge < -0.3 is 24.6 Å². The van der Waals surface area contributed by atoms with E-state index in [-0.39, 0.29) is 12.0 Å². The molecule has 3 heterocycles. The van der Waals surface area contributed by atoms with Crippen LogP contribution in [0.1, 0.15) is 31.2 Å². The molecule has 8 nitrogen and oxygen atoms in total. The van der Waals surface area contributed by atoms with Gasteiger partial charge in [0.1, 0.15) is 17.5 Å². The highest BCUT2D eigenvalue weighted by atomic mass is 16.6. The third-order valence-corrected chi connectivity index (χ3v) is 5.44. The van der Waals surface area contributed by atoms with Crippen molar-refractivity contribution >= 4 is 11.7 Å². The number of aromatic nitrogens is 1. The van der Waals surface area contributed by atoms with Gasteiger partial charge in [0.05, 0.1) is 31.4 Å². The van der Waals surface area contributed by atoms with Crippen LogP contribution in [-0.4, -0.2) is 85.9 Å². The van der Waals surface area contributed by atoms with Gasteiger partial charge in [-0.3, -0.25) is 4.79 Å². The maximum absolute atomic E-state index is 12.7. The van der Waals surface area contributed by atoms with Gasteiger partial charge in [-0.05, 0) is 52.0 Å². The van der Waals surface area contributed by atoms with E-state index < -0.39 is 5.60 Å². The number of nitriles is 1. The van der Waals surface area contributed by atoms with Gasteiger partial charge >= 0.3 is 0 Å². The van der Waals surface area contributed by atoms with Crippen LogP contribution in [0.4, 0.5) is 5.82 Å². The zero-order valence-corrected chi connectivity index (χ0v) is 17.4. The highest BCUT2D eigenvalue weighted by Gasteiger charge is 2.43. The molecule has 0 aliphatic carbocycles. The average Bonchev–Trinajstić information content (AvgIpc) is 2.98.